The molecule has 0 N–H and O–H groups in total. The molecule has 27 heavy (non-hydrogen) atoms. The standard InChI is InChI=1S/C18H27BFNO5S/c1-16(2,3)24-15(22)21-27(8,23)13-11-9-10-12(14(13)20)19-25-17(4,5)18(6,7)26-19/h9-11H,1-8H3/t27-/m1/s1. The quantitative estimate of drug-likeness (QED) is 0.712. The van der Waals surface area contributed by atoms with E-state index in [9.17, 15) is 9.00 Å². The van der Waals surface area contributed by atoms with Gasteiger partial charge in [0.1, 0.15) is 11.4 Å². The van der Waals surface area contributed by atoms with Crippen LogP contribution in [0, 0.1) is 5.82 Å². The van der Waals surface area contributed by atoms with Crippen molar-refractivity contribution in [3.8, 4) is 0 Å². The zero-order valence-corrected chi connectivity index (χ0v) is 17.9. The maximum atomic E-state index is 15.2. The van der Waals surface area contributed by atoms with Gasteiger partial charge in [-0.2, -0.15) is 0 Å². The van der Waals surface area contributed by atoms with Gasteiger partial charge in [0.05, 0.1) is 25.8 Å². The van der Waals surface area contributed by atoms with Crippen molar-refractivity contribution in [1.82, 2.24) is 0 Å². The minimum atomic E-state index is -3.36. The average molecular weight is 399 g/mol. The summed E-state index contributed by atoms with van der Waals surface area (Å²) in [6.07, 6.45) is 0.194. The topological polar surface area (TPSA) is 74.2 Å². The summed E-state index contributed by atoms with van der Waals surface area (Å²) in [6, 6.07) is 4.37. The van der Waals surface area contributed by atoms with Crippen molar-refractivity contribution in [2.45, 2.75) is 70.2 Å². The number of carbonyl (C=O) groups excluding carboxylic acids is 1. The third-order valence-electron chi connectivity index (χ3n) is 4.55. The van der Waals surface area contributed by atoms with Crippen molar-refractivity contribution in [3.63, 3.8) is 0 Å². The molecule has 1 amide bonds. The molecule has 1 heterocycles. The van der Waals surface area contributed by atoms with E-state index < -0.39 is 45.6 Å². The van der Waals surface area contributed by atoms with Gasteiger partial charge >= 0.3 is 13.2 Å². The highest BCUT2D eigenvalue weighted by Gasteiger charge is 2.52. The zero-order valence-electron chi connectivity index (χ0n) is 17.1. The number of rotatable bonds is 2. The van der Waals surface area contributed by atoms with Gasteiger partial charge in [-0.1, -0.05) is 12.1 Å². The molecule has 1 aliphatic rings. The van der Waals surface area contributed by atoms with Gasteiger partial charge in [-0.05, 0) is 54.5 Å². The molecule has 0 bridgehead atoms. The number of amides is 1. The molecule has 1 fully saturated rings. The fourth-order valence-corrected chi connectivity index (χ4v) is 3.65. The summed E-state index contributed by atoms with van der Waals surface area (Å²) in [5, 5.41) is 0. The van der Waals surface area contributed by atoms with Crippen LogP contribution in [0.2, 0.25) is 0 Å². The van der Waals surface area contributed by atoms with Crippen LogP contribution in [-0.2, 0) is 23.8 Å². The first kappa shape index (κ1) is 21.9. The van der Waals surface area contributed by atoms with Crippen LogP contribution in [0.4, 0.5) is 9.18 Å². The first-order valence-corrected chi connectivity index (χ1v) is 10.6. The summed E-state index contributed by atoms with van der Waals surface area (Å²) < 4.78 is 48.5. The van der Waals surface area contributed by atoms with Crippen molar-refractivity contribution < 1.29 is 27.4 Å². The summed E-state index contributed by atoms with van der Waals surface area (Å²) >= 11 is 0. The Balaban J connectivity index is 2.43. The number of hydrogen-bond acceptors (Lipinski definition) is 5. The Morgan fingerprint density at radius 1 is 1.19 bits per heavy atom. The number of nitrogens with zero attached hydrogens (tertiary/aromatic N) is 1. The lowest BCUT2D eigenvalue weighted by Crippen LogP contribution is -2.41. The fraction of sp³-hybridized carbons (Fsp3) is 0.611. The Labute approximate surface area is 161 Å². The summed E-state index contributed by atoms with van der Waals surface area (Å²) in [5.41, 5.74) is -1.97. The molecule has 0 aromatic heterocycles. The molecule has 0 spiro atoms. The van der Waals surface area contributed by atoms with Crippen LogP contribution >= 0.6 is 0 Å². The molecule has 1 aliphatic heterocycles. The highest BCUT2D eigenvalue weighted by molar-refractivity contribution is 7.93. The number of halogens is 1. The molecule has 150 valence electrons. The summed E-state index contributed by atoms with van der Waals surface area (Å²) in [5.74, 6) is -0.768. The third kappa shape index (κ3) is 4.70. The van der Waals surface area contributed by atoms with Gasteiger partial charge in [0, 0.05) is 11.7 Å². The van der Waals surface area contributed by atoms with Crippen LogP contribution in [0.1, 0.15) is 48.5 Å². The van der Waals surface area contributed by atoms with E-state index in [0.717, 1.165) is 0 Å². The van der Waals surface area contributed by atoms with Gasteiger partial charge in [-0.3, -0.25) is 0 Å². The van der Waals surface area contributed by atoms with Crippen LogP contribution in [-0.4, -0.2) is 40.5 Å². The second kappa shape index (κ2) is 6.86. The number of ether oxygens (including phenoxy) is 1. The molecular formula is C18H27BFNO5S. The molecule has 6 nitrogen and oxygen atoms in total. The van der Waals surface area contributed by atoms with Gasteiger partial charge in [-0.15, -0.1) is 4.36 Å². The lowest BCUT2D eigenvalue weighted by molar-refractivity contribution is 0.00578. The maximum absolute atomic E-state index is 15.2. The number of carbonyl (C=O) groups is 1. The molecule has 1 aromatic rings. The van der Waals surface area contributed by atoms with Gasteiger partial charge < -0.3 is 14.0 Å². The van der Waals surface area contributed by atoms with Crippen molar-refractivity contribution >= 4 is 28.4 Å². The van der Waals surface area contributed by atoms with E-state index in [2.05, 4.69) is 4.36 Å². The Morgan fingerprint density at radius 3 is 2.19 bits per heavy atom. The Hall–Kier alpha value is -1.45. The van der Waals surface area contributed by atoms with Crippen LogP contribution in [0.3, 0.4) is 0 Å². The highest BCUT2D eigenvalue weighted by Crippen LogP contribution is 2.36. The maximum Gasteiger partial charge on any atom is 0.497 e. The van der Waals surface area contributed by atoms with E-state index in [0.29, 0.717) is 0 Å². The van der Waals surface area contributed by atoms with E-state index in [-0.39, 0.29) is 10.4 Å². The first-order valence-electron chi connectivity index (χ1n) is 8.65. The monoisotopic (exact) mass is 399 g/mol. The normalized spacial score (nSPS) is 20.9. The first-order chi connectivity index (χ1) is 12.1. The minimum Gasteiger partial charge on any atom is -0.442 e. The van der Waals surface area contributed by atoms with E-state index in [1.807, 2.05) is 27.7 Å². The number of hydrogen-bond donors (Lipinski definition) is 0. The highest BCUT2D eigenvalue weighted by atomic mass is 32.2. The van der Waals surface area contributed by atoms with Crippen molar-refractivity contribution in [3.05, 3.63) is 24.0 Å². The van der Waals surface area contributed by atoms with E-state index in [1.54, 1.807) is 20.8 Å². The Morgan fingerprint density at radius 2 is 1.70 bits per heavy atom. The third-order valence-corrected chi connectivity index (χ3v) is 6.18. The predicted octanol–water partition coefficient (Wildman–Crippen LogP) is 3.52. The van der Waals surface area contributed by atoms with Crippen molar-refractivity contribution in [2.24, 2.45) is 4.36 Å². The second-order valence-electron chi connectivity index (χ2n) is 8.62. The smallest absolute Gasteiger partial charge is 0.442 e. The van der Waals surface area contributed by atoms with Gasteiger partial charge in [0.2, 0.25) is 0 Å². The largest absolute Gasteiger partial charge is 0.497 e. The summed E-state index contributed by atoms with van der Waals surface area (Å²) in [6.45, 7) is 12.4. The Kier molecular flexibility index (Phi) is 5.55. The molecule has 0 aliphatic carbocycles. The molecule has 1 aromatic carbocycles. The predicted molar refractivity (Wildman–Crippen MR) is 103 cm³/mol. The minimum absolute atomic E-state index is 0.111. The molecule has 1 saturated heterocycles. The van der Waals surface area contributed by atoms with Crippen LogP contribution in [0.25, 0.3) is 0 Å². The van der Waals surface area contributed by atoms with Crippen molar-refractivity contribution in [2.75, 3.05) is 6.26 Å². The van der Waals surface area contributed by atoms with E-state index in [1.165, 1.54) is 24.5 Å². The summed E-state index contributed by atoms with van der Waals surface area (Å²) in [7, 11) is -4.31. The number of benzene rings is 1. The lowest BCUT2D eigenvalue weighted by Gasteiger charge is -2.32. The van der Waals surface area contributed by atoms with Gasteiger partial charge in [0.25, 0.3) is 0 Å². The van der Waals surface area contributed by atoms with Crippen LogP contribution < -0.4 is 5.46 Å². The van der Waals surface area contributed by atoms with Crippen molar-refractivity contribution in [1.29, 1.82) is 0 Å². The SMILES string of the molecule is CC(C)(C)OC(=O)N=[S@](C)(=O)c1cccc(B2OC(C)(C)C(C)(C)O2)c1F. The van der Waals surface area contributed by atoms with Crippen LogP contribution in [0.5, 0.6) is 0 Å². The molecule has 1 atom stereocenters. The van der Waals surface area contributed by atoms with Crippen LogP contribution in [0.15, 0.2) is 27.5 Å². The average Bonchev–Trinajstić information content (AvgIpc) is 2.64. The molecular weight excluding hydrogens is 372 g/mol. The van der Waals surface area contributed by atoms with E-state index >= 15 is 4.39 Å². The lowest BCUT2D eigenvalue weighted by atomic mass is 9.79. The fourth-order valence-electron chi connectivity index (χ4n) is 2.44. The second-order valence-corrected chi connectivity index (χ2v) is 10.8. The molecule has 2 rings (SSSR count). The molecule has 0 saturated carbocycles. The molecule has 0 unspecified atom stereocenters. The van der Waals surface area contributed by atoms with Gasteiger partial charge in [-0.25, -0.2) is 13.4 Å². The van der Waals surface area contributed by atoms with E-state index in [4.69, 9.17) is 14.0 Å². The summed E-state index contributed by atoms with van der Waals surface area (Å²) in [4.78, 5) is 11.7. The zero-order chi connectivity index (χ0) is 20.8. The molecule has 0 radical (unpaired) electrons. The Bertz CT molecular complexity index is 853. The molecule has 9 heteroatoms. The van der Waals surface area contributed by atoms with Gasteiger partial charge in [0.15, 0.2) is 0 Å².